The van der Waals surface area contributed by atoms with Gasteiger partial charge in [-0.05, 0) is 23.8 Å². The van der Waals surface area contributed by atoms with E-state index in [2.05, 4.69) is 5.10 Å². The SMILES string of the molecule is Cn1ncc(Cl)c1C(N)c1cc(Cl)cc(Cl)c1. The van der Waals surface area contributed by atoms with Gasteiger partial charge in [0, 0.05) is 17.1 Å². The van der Waals surface area contributed by atoms with Crippen molar-refractivity contribution in [1.82, 2.24) is 9.78 Å². The van der Waals surface area contributed by atoms with Gasteiger partial charge >= 0.3 is 0 Å². The van der Waals surface area contributed by atoms with Crippen LogP contribution in [0.1, 0.15) is 17.3 Å². The van der Waals surface area contributed by atoms with E-state index in [0.717, 1.165) is 11.3 Å². The molecule has 0 fully saturated rings. The molecule has 0 radical (unpaired) electrons. The molecule has 0 saturated heterocycles. The molecule has 2 N–H and O–H groups in total. The highest BCUT2D eigenvalue weighted by Gasteiger charge is 2.17. The van der Waals surface area contributed by atoms with Gasteiger partial charge < -0.3 is 5.73 Å². The molecule has 1 aromatic heterocycles. The zero-order chi connectivity index (χ0) is 12.6. The average Bonchev–Trinajstić information content (AvgIpc) is 2.56. The second-order valence-corrected chi connectivity index (χ2v) is 4.96. The molecule has 2 aromatic rings. The van der Waals surface area contributed by atoms with Crippen molar-refractivity contribution in [3.05, 3.63) is 50.7 Å². The summed E-state index contributed by atoms with van der Waals surface area (Å²) in [5, 5.41) is 5.66. The number of rotatable bonds is 2. The Morgan fingerprint density at radius 3 is 2.24 bits per heavy atom. The zero-order valence-corrected chi connectivity index (χ0v) is 11.3. The van der Waals surface area contributed by atoms with Crippen LogP contribution >= 0.6 is 34.8 Å². The normalized spacial score (nSPS) is 12.8. The second kappa shape index (κ2) is 4.86. The summed E-state index contributed by atoms with van der Waals surface area (Å²) in [7, 11) is 1.78. The molecule has 1 atom stereocenters. The Morgan fingerprint density at radius 1 is 1.18 bits per heavy atom. The lowest BCUT2D eigenvalue weighted by atomic mass is 10.0. The summed E-state index contributed by atoms with van der Waals surface area (Å²) in [4.78, 5) is 0. The van der Waals surface area contributed by atoms with E-state index in [4.69, 9.17) is 40.5 Å². The van der Waals surface area contributed by atoms with Crippen LogP contribution in [0.2, 0.25) is 15.1 Å². The summed E-state index contributed by atoms with van der Waals surface area (Å²) >= 11 is 17.9. The fraction of sp³-hybridized carbons (Fsp3) is 0.182. The molecule has 0 spiro atoms. The zero-order valence-electron chi connectivity index (χ0n) is 8.99. The Bertz CT molecular complexity index is 511. The van der Waals surface area contributed by atoms with Gasteiger partial charge in [-0.25, -0.2) is 0 Å². The van der Waals surface area contributed by atoms with Gasteiger partial charge in [-0.15, -0.1) is 0 Å². The second-order valence-electron chi connectivity index (χ2n) is 3.68. The van der Waals surface area contributed by atoms with E-state index in [1.807, 2.05) is 0 Å². The smallest absolute Gasteiger partial charge is 0.0837 e. The fourth-order valence-electron chi connectivity index (χ4n) is 1.68. The minimum atomic E-state index is -0.411. The molecular weight excluding hydrogens is 281 g/mol. The maximum atomic E-state index is 6.14. The number of nitrogens with zero attached hydrogens (tertiary/aromatic N) is 2. The molecule has 1 unspecified atom stereocenters. The maximum absolute atomic E-state index is 6.14. The van der Waals surface area contributed by atoms with Crippen LogP contribution in [0.3, 0.4) is 0 Å². The Kier molecular flexibility index (Phi) is 3.64. The van der Waals surface area contributed by atoms with E-state index in [9.17, 15) is 0 Å². The molecule has 0 bridgehead atoms. The highest BCUT2D eigenvalue weighted by Crippen LogP contribution is 2.29. The minimum absolute atomic E-state index is 0.411. The number of aryl methyl sites for hydroxylation is 1. The predicted molar refractivity (Wildman–Crippen MR) is 70.7 cm³/mol. The van der Waals surface area contributed by atoms with Crippen LogP contribution in [0.5, 0.6) is 0 Å². The number of nitrogens with two attached hydrogens (primary N) is 1. The molecule has 0 aliphatic rings. The van der Waals surface area contributed by atoms with E-state index in [1.165, 1.54) is 0 Å². The van der Waals surface area contributed by atoms with E-state index in [0.29, 0.717) is 15.1 Å². The van der Waals surface area contributed by atoms with Gasteiger partial charge in [0.1, 0.15) is 0 Å². The van der Waals surface area contributed by atoms with Crippen LogP contribution in [0, 0.1) is 0 Å². The van der Waals surface area contributed by atoms with E-state index in [1.54, 1.807) is 36.1 Å². The Balaban J connectivity index is 2.47. The Labute approximate surface area is 114 Å². The molecule has 1 aromatic carbocycles. The Hall–Kier alpha value is -0.740. The standard InChI is InChI=1S/C11H10Cl3N3/c1-17-11(9(14)5-16-17)10(15)6-2-7(12)4-8(13)3-6/h2-5,10H,15H2,1H3. The summed E-state index contributed by atoms with van der Waals surface area (Å²) in [5.74, 6) is 0. The molecule has 0 saturated carbocycles. The summed E-state index contributed by atoms with van der Waals surface area (Å²) in [6, 6.07) is 4.78. The van der Waals surface area contributed by atoms with Crippen LogP contribution in [0.4, 0.5) is 0 Å². The van der Waals surface area contributed by atoms with E-state index in [-0.39, 0.29) is 0 Å². The van der Waals surface area contributed by atoms with Crippen molar-refractivity contribution < 1.29 is 0 Å². The largest absolute Gasteiger partial charge is 0.319 e. The third-order valence-corrected chi connectivity index (χ3v) is 3.20. The van der Waals surface area contributed by atoms with E-state index >= 15 is 0 Å². The van der Waals surface area contributed by atoms with Crippen molar-refractivity contribution >= 4 is 34.8 Å². The minimum Gasteiger partial charge on any atom is -0.319 e. The fourth-order valence-corrected chi connectivity index (χ4v) is 2.51. The number of hydrogen-bond acceptors (Lipinski definition) is 2. The highest BCUT2D eigenvalue weighted by molar-refractivity contribution is 6.34. The molecule has 90 valence electrons. The summed E-state index contributed by atoms with van der Waals surface area (Å²) in [5.41, 5.74) is 7.66. The highest BCUT2D eigenvalue weighted by atomic mass is 35.5. The van der Waals surface area contributed by atoms with Gasteiger partial charge in [0.25, 0.3) is 0 Å². The van der Waals surface area contributed by atoms with Crippen molar-refractivity contribution in [2.45, 2.75) is 6.04 Å². The lowest BCUT2D eigenvalue weighted by molar-refractivity contribution is 0.673. The van der Waals surface area contributed by atoms with Crippen LogP contribution in [0.15, 0.2) is 24.4 Å². The van der Waals surface area contributed by atoms with Crippen LogP contribution in [-0.2, 0) is 7.05 Å². The van der Waals surface area contributed by atoms with Gasteiger partial charge in [0.2, 0.25) is 0 Å². The van der Waals surface area contributed by atoms with Crippen molar-refractivity contribution in [1.29, 1.82) is 0 Å². The molecule has 2 rings (SSSR count). The average molecular weight is 291 g/mol. The number of benzene rings is 1. The first-order valence-corrected chi connectivity index (χ1v) is 6.01. The van der Waals surface area contributed by atoms with Gasteiger partial charge in [0.05, 0.1) is 23.0 Å². The van der Waals surface area contributed by atoms with Gasteiger partial charge in [-0.2, -0.15) is 5.10 Å². The van der Waals surface area contributed by atoms with Crippen molar-refractivity contribution in [3.8, 4) is 0 Å². The third-order valence-electron chi connectivity index (χ3n) is 2.48. The molecule has 3 nitrogen and oxygen atoms in total. The summed E-state index contributed by atoms with van der Waals surface area (Å²) in [6.07, 6.45) is 1.56. The lowest BCUT2D eigenvalue weighted by Crippen LogP contribution is -2.16. The summed E-state index contributed by atoms with van der Waals surface area (Å²) in [6.45, 7) is 0. The van der Waals surface area contributed by atoms with Crippen LogP contribution in [0.25, 0.3) is 0 Å². The molecule has 6 heteroatoms. The number of halogens is 3. The quantitative estimate of drug-likeness (QED) is 0.921. The number of aromatic nitrogens is 2. The molecule has 0 aliphatic carbocycles. The predicted octanol–water partition coefficient (Wildman–Crippen LogP) is 3.43. The van der Waals surface area contributed by atoms with E-state index < -0.39 is 6.04 Å². The van der Waals surface area contributed by atoms with Gasteiger partial charge in [-0.3, -0.25) is 4.68 Å². The van der Waals surface area contributed by atoms with Gasteiger partial charge in [-0.1, -0.05) is 34.8 Å². The molecular formula is C11H10Cl3N3. The lowest BCUT2D eigenvalue weighted by Gasteiger charge is -2.14. The Morgan fingerprint density at radius 2 is 1.76 bits per heavy atom. The third kappa shape index (κ3) is 2.58. The van der Waals surface area contributed by atoms with Crippen molar-refractivity contribution in [2.75, 3.05) is 0 Å². The first-order valence-electron chi connectivity index (χ1n) is 4.88. The monoisotopic (exact) mass is 289 g/mol. The topological polar surface area (TPSA) is 43.8 Å². The van der Waals surface area contributed by atoms with Crippen LogP contribution < -0.4 is 5.73 Å². The molecule has 1 heterocycles. The first-order chi connectivity index (χ1) is 7.99. The van der Waals surface area contributed by atoms with Gasteiger partial charge in [0.15, 0.2) is 0 Å². The first kappa shape index (κ1) is 12.7. The molecule has 0 amide bonds. The summed E-state index contributed by atoms with van der Waals surface area (Å²) < 4.78 is 1.64. The molecule has 17 heavy (non-hydrogen) atoms. The molecule has 0 aliphatic heterocycles. The number of hydrogen-bond donors (Lipinski definition) is 1. The van der Waals surface area contributed by atoms with Crippen molar-refractivity contribution in [2.24, 2.45) is 12.8 Å². The maximum Gasteiger partial charge on any atom is 0.0837 e. The van der Waals surface area contributed by atoms with Crippen LogP contribution in [-0.4, -0.2) is 9.78 Å². The van der Waals surface area contributed by atoms with Crippen molar-refractivity contribution in [3.63, 3.8) is 0 Å².